The van der Waals surface area contributed by atoms with Crippen LogP contribution in [0.25, 0.3) is 0 Å². The molecule has 1 aliphatic carbocycles. The molecular formula is C12H24N2O2. The molecule has 0 heterocycles. The second-order valence-corrected chi connectivity index (χ2v) is 5.37. The minimum absolute atomic E-state index is 0.0210. The van der Waals surface area contributed by atoms with E-state index in [0.29, 0.717) is 12.3 Å². The average Bonchev–Trinajstić information content (AvgIpc) is 2.66. The lowest BCUT2D eigenvalue weighted by atomic mass is 9.97. The van der Waals surface area contributed by atoms with Crippen LogP contribution >= 0.6 is 0 Å². The van der Waals surface area contributed by atoms with E-state index < -0.39 is 11.6 Å². The maximum absolute atomic E-state index is 11.9. The third-order valence-electron chi connectivity index (χ3n) is 3.31. The third-order valence-corrected chi connectivity index (χ3v) is 3.31. The van der Waals surface area contributed by atoms with Crippen molar-refractivity contribution in [1.29, 1.82) is 0 Å². The van der Waals surface area contributed by atoms with Crippen LogP contribution < -0.4 is 11.1 Å². The number of aliphatic hydroxyl groups is 1. The Kier molecular flexibility index (Phi) is 4.74. The van der Waals surface area contributed by atoms with E-state index in [4.69, 9.17) is 5.73 Å². The summed E-state index contributed by atoms with van der Waals surface area (Å²) in [5.74, 6) is 0.291. The Morgan fingerprint density at radius 2 is 2.00 bits per heavy atom. The summed E-state index contributed by atoms with van der Waals surface area (Å²) in [4.78, 5) is 11.9. The highest BCUT2D eigenvalue weighted by Crippen LogP contribution is 2.29. The van der Waals surface area contributed by atoms with Crippen molar-refractivity contribution >= 4 is 5.91 Å². The van der Waals surface area contributed by atoms with Gasteiger partial charge in [-0.25, -0.2) is 0 Å². The first-order valence-corrected chi connectivity index (χ1v) is 6.17. The number of carbonyl (C=O) groups is 1. The number of hydrogen-bond acceptors (Lipinski definition) is 3. The van der Waals surface area contributed by atoms with Crippen LogP contribution in [0.4, 0.5) is 0 Å². The van der Waals surface area contributed by atoms with Crippen LogP contribution in [0.3, 0.4) is 0 Å². The zero-order valence-electron chi connectivity index (χ0n) is 10.3. The summed E-state index contributed by atoms with van der Waals surface area (Å²) in [6, 6.07) is -0.455. The van der Waals surface area contributed by atoms with Gasteiger partial charge in [0, 0.05) is 0 Å². The molecule has 0 spiro atoms. The Morgan fingerprint density at radius 3 is 2.44 bits per heavy atom. The monoisotopic (exact) mass is 228 g/mol. The molecule has 1 aliphatic rings. The lowest BCUT2D eigenvalue weighted by Crippen LogP contribution is -2.54. The first-order valence-electron chi connectivity index (χ1n) is 6.17. The van der Waals surface area contributed by atoms with E-state index in [2.05, 4.69) is 5.32 Å². The fourth-order valence-corrected chi connectivity index (χ4v) is 2.34. The van der Waals surface area contributed by atoms with Crippen LogP contribution in [0, 0.1) is 5.92 Å². The average molecular weight is 228 g/mol. The van der Waals surface area contributed by atoms with Gasteiger partial charge in [0.1, 0.15) is 0 Å². The van der Waals surface area contributed by atoms with E-state index in [0.717, 1.165) is 25.7 Å². The molecule has 94 valence electrons. The van der Waals surface area contributed by atoms with E-state index in [1.54, 1.807) is 0 Å². The molecule has 0 bridgehead atoms. The van der Waals surface area contributed by atoms with Gasteiger partial charge in [-0.3, -0.25) is 4.79 Å². The summed E-state index contributed by atoms with van der Waals surface area (Å²) in [7, 11) is 0. The Morgan fingerprint density at radius 1 is 1.44 bits per heavy atom. The molecule has 0 unspecified atom stereocenters. The molecule has 4 heteroatoms. The first-order chi connectivity index (χ1) is 7.49. The zero-order valence-corrected chi connectivity index (χ0v) is 10.3. The van der Waals surface area contributed by atoms with Gasteiger partial charge >= 0.3 is 0 Å². The molecule has 0 saturated heterocycles. The lowest BCUT2D eigenvalue weighted by Gasteiger charge is -2.29. The number of carbonyl (C=O) groups excluding carboxylic acids is 1. The molecule has 1 rings (SSSR count). The molecule has 0 radical (unpaired) electrons. The number of hydrogen-bond donors (Lipinski definition) is 3. The quantitative estimate of drug-likeness (QED) is 0.651. The number of nitrogens with two attached hydrogens (primary N) is 1. The van der Waals surface area contributed by atoms with Crippen molar-refractivity contribution < 1.29 is 9.90 Å². The molecule has 1 fully saturated rings. The predicted molar refractivity (Wildman–Crippen MR) is 63.9 cm³/mol. The molecule has 1 atom stereocenters. The smallest absolute Gasteiger partial charge is 0.237 e. The van der Waals surface area contributed by atoms with Gasteiger partial charge < -0.3 is 16.2 Å². The second kappa shape index (κ2) is 5.64. The standard InChI is InChI=1S/C12H24N2O2/c1-9(2)7-10(13)11(16)14-12(8-15)5-3-4-6-12/h9-10,15H,3-8,13H2,1-2H3,(H,14,16)/t10-/m0/s1. The van der Waals surface area contributed by atoms with Gasteiger partial charge in [0.05, 0.1) is 18.2 Å². The van der Waals surface area contributed by atoms with Crippen LogP contribution in [0.1, 0.15) is 46.0 Å². The summed E-state index contributed by atoms with van der Waals surface area (Å²) in [5.41, 5.74) is 5.42. The van der Waals surface area contributed by atoms with Gasteiger partial charge in [0.15, 0.2) is 0 Å². The second-order valence-electron chi connectivity index (χ2n) is 5.37. The van der Waals surface area contributed by atoms with Crippen LogP contribution in [-0.2, 0) is 4.79 Å². The fourth-order valence-electron chi connectivity index (χ4n) is 2.34. The van der Waals surface area contributed by atoms with Crippen molar-refractivity contribution in [2.24, 2.45) is 11.7 Å². The maximum atomic E-state index is 11.9. The van der Waals surface area contributed by atoms with Crippen molar-refractivity contribution in [3.63, 3.8) is 0 Å². The summed E-state index contributed by atoms with van der Waals surface area (Å²) in [6.45, 7) is 4.11. The number of nitrogens with one attached hydrogen (secondary N) is 1. The summed E-state index contributed by atoms with van der Waals surface area (Å²) < 4.78 is 0. The Labute approximate surface area is 97.6 Å². The van der Waals surface area contributed by atoms with E-state index in [1.807, 2.05) is 13.8 Å². The number of rotatable bonds is 5. The Balaban J connectivity index is 2.48. The number of amides is 1. The fraction of sp³-hybridized carbons (Fsp3) is 0.917. The molecule has 0 aromatic carbocycles. The molecular weight excluding hydrogens is 204 g/mol. The van der Waals surface area contributed by atoms with Gasteiger partial charge in [0.2, 0.25) is 5.91 Å². The molecule has 0 aromatic rings. The highest BCUT2D eigenvalue weighted by Gasteiger charge is 2.35. The third kappa shape index (κ3) is 3.46. The van der Waals surface area contributed by atoms with Gasteiger partial charge in [0.25, 0.3) is 0 Å². The van der Waals surface area contributed by atoms with E-state index in [-0.39, 0.29) is 12.5 Å². The van der Waals surface area contributed by atoms with Crippen molar-refractivity contribution in [1.82, 2.24) is 5.32 Å². The molecule has 1 amide bonds. The van der Waals surface area contributed by atoms with Gasteiger partial charge in [-0.05, 0) is 25.2 Å². The van der Waals surface area contributed by atoms with Gasteiger partial charge in [-0.1, -0.05) is 26.7 Å². The summed E-state index contributed by atoms with van der Waals surface area (Å²) in [6.07, 6.45) is 4.56. The van der Waals surface area contributed by atoms with E-state index >= 15 is 0 Å². The molecule has 0 aromatic heterocycles. The zero-order chi connectivity index (χ0) is 12.2. The van der Waals surface area contributed by atoms with Crippen molar-refractivity contribution in [3.05, 3.63) is 0 Å². The highest BCUT2D eigenvalue weighted by molar-refractivity contribution is 5.82. The van der Waals surface area contributed by atoms with E-state index in [9.17, 15) is 9.90 Å². The Hall–Kier alpha value is -0.610. The summed E-state index contributed by atoms with van der Waals surface area (Å²) in [5, 5.41) is 12.3. The normalized spacial score (nSPS) is 21.1. The van der Waals surface area contributed by atoms with Crippen LogP contribution in [0.5, 0.6) is 0 Å². The van der Waals surface area contributed by atoms with Gasteiger partial charge in [-0.2, -0.15) is 0 Å². The van der Waals surface area contributed by atoms with Gasteiger partial charge in [-0.15, -0.1) is 0 Å². The highest BCUT2D eigenvalue weighted by atomic mass is 16.3. The lowest BCUT2D eigenvalue weighted by molar-refractivity contribution is -0.125. The first kappa shape index (κ1) is 13.5. The Bertz CT molecular complexity index is 235. The maximum Gasteiger partial charge on any atom is 0.237 e. The minimum atomic E-state index is -0.455. The van der Waals surface area contributed by atoms with E-state index in [1.165, 1.54) is 0 Å². The molecule has 4 N–H and O–H groups in total. The molecule has 16 heavy (non-hydrogen) atoms. The minimum Gasteiger partial charge on any atom is -0.394 e. The van der Waals surface area contributed by atoms with Crippen molar-refractivity contribution in [3.8, 4) is 0 Å². The molecule has 0 aliphatic heterocycles. The molecule has 1 saturated carbocycles. The van der Waals surface area contributed by atoms with Crippen molar-refractivity contribution in [2.45, 2.75) is 57.5 Å². The topological polar surface area (TPSA) is 75.4 Å². The predicted octanol–water partition coefficient (Wildman–Crippen LogP) is 0.781. The van der Waals surface area contributed by atoms with Crippen LogP contribution in [-0.4, -0.2) is 29.2 Å². The SMILES string of the molecule is CC(C)C[C@H](N)C(=O)NC1(CO)CCCC1. The van der Waals surface area contributed by atoms with Crippen LogP contribution in [0.15, 0.2) is 0 Å². The number of aliphatic hydroxyl groups excluding tert-OH is 1. The van der Waals surface area contributed by atoms with Crippen LogP contribution in [0.2, 0.25) is 0 Å². The molecule has 4 nitrogen and oxygen atoms in total. The van der Waals surface area contributed by atoms with Crippen molar-refractivity contribution in [2.75, 3.05) is 6.61 Å². The summed E-state index contributed by atoms with van der Waals surface area (Å²) >= 11 is 0. The largest absolute Gasteiger partial charge is 0.394 e.